The first kappa shape index (κ1) is 21.9. The van der Waals surface area contributed by atoms with Crippen LogP contribution in [0.5, 0.6) is 0 Å². The standard InChI is InChI=1S/C18H25N3O6/c1-11(2)19-16(24)21-14(22)10-26-15(23)12-6-8-13(9-7-12)20-17(25)27-18(3,4)5/h6-9,11H,10H2,1-5H3,(H,20,25)(H2,19,21,22,24). The van der Waals surface area contributed by atoms with Gasteiger partial charge >= 0.3 is 18.1 Å². The third kappa shape index (κ3) is 9.24. The summed E-state index contributed by atoms with van der Waals surface area (Å²) in [6, 6.07) is 5.06. The molecule has 0 aliphatic carbocycles. The van der Waals surface area contributed by atoms with Crippen LogP contribution in [0.3, 0.4) is 0 Å². The van der Waals surface area contributed by atoms with Gasteiger partial charge in [0.25, 0.3) is 5.91 Å². The number of carbonyl (C=O) groups is 4. The van der Waals surface area contributed by atoms with E-state index in [1.165, 1.54) is 24.3 Å². The maximum absolute atomic E-state index is 11.9. The number of anilines is 1. The summed E-state index contributed by atoms with van der Waals surface area (Å²) in [5, 5.41) is 7.04. The second-order valence-electron chi connectivity index (χ2n) is 6.96. The minimum absolute atomic E-state index is 0.131. The van der Waals surface area contributed by atoms with Crippen LogP contribution in [0.4, 0.5) is 15.3 Å². The molecule has 0 saturated heterocycles. The van der Waals surface area contributed by atoms with E-state index in [0.29, 0.717) is 5.69 Å². The van der Waals surface area contributed by atoms with E-state index in [4.69, 9.17) is 9.47 Å². The van der Waals surface area contributed by atoms with Gasteiger partial charge in [-0.05, 0) is 58.9 Å². The number of nitrogens with one attached hydrogen (secondary N) is 3. The minimum Gasteiger partial charge on any atom is -0.452 e. The highest BCUT2D eigenvalue weighted by atomic mass is 16.6. The first-order valence-corrected chi connectivity index (χ1v) is 8.34. The van der Waals surface area contributed by atoms with Crippen molar-refractivity contribution in [3.63, 3.8) is 0 Å². The van der Waals surface area contributed by atoms with Crippen molar-refractivity contribution in [3.8, 4) is 0 Å². The molecule has 0 bridgehead atoms. The quantitative estimate of drug-likeness (QED) is 0.675. The van der Waals surface area contributed by atoms with Crippen LogP contribution in [0.1, 0.15) is 45.0 Å². The number of benzene rings is 1. The lowest BCUT2D eigenvalue weighted by atomic mass is 10.2. The van der Waals surface area contributed by atoms with E-state index >= 15 is 0 Å². The molecule has 148 valence electrons. The number of ether oxygens (including phenoxy) is 2. The zero-order valence-corrected chi connectivity index (χ0v) is 16.0. The third-order valence-electron chi connectivity index (χ3n) is 2.77. The van der Waals surface area contributed by atoms with E-state index in [-0.39, 0.29) is 11.6 Å². The topological polar surface area (TPSA) is 123 Å². The zero-order chi connectivity index (χ0) is 20.6. The second-order valence-corrected chi connectivity index (χ2v) is 6.96. The first-order valence-electron chi connectivity index (χ1n) is 8.34. The lowest BCUT2D eigenvalue weighted by molar-refractivity contribution is -0.123. The number of rotatable bonds is 5. The van der Waals surface area contributed by atoms with Gasteiger partial charge in [0.15, 0.2) is 6.61 Å². The fourth-order valence-corrected chi connectivity index (χ4v) is 1.79. The van der Waals surface area contributed by atoms with E-state index in [1.54, 1.807) is 34.6 Å². The van der Waals surface area contributed by atoms with Gasteiger partial charge in [-0.15, -0.1) is 0 Å². The van der Waals surface area contributed by atoms with Crippen LogP contribution in [0, 0.1) is 0 Å². The van der Waals surface area contributed by atoms with Gasteiger partial charge in [-0.1, -0.05) is 0 Å². The predicted molar refractivity (Wildman–Crippen MR) is 98.4 cm³/mol. The fraction of sp³-hybridized carbons (Fsp3) is 0.444. The van der Waals surface area contributed by atoms with Gasteiger partial charge in [0.05, 0.1) is 5.56 Å². The molecule has 0 radical (unpaired) electrons. The van der Waals surface area contributed by atoms with Gasteiger partial charge in [0, 0.05) is 11.7 Å². The highest BCUT2D eigenvalue weighted by Gasteiger charge is 2.17. The maximum atomic E-state index is 11.9. The van der Waals surface area contributed by atoms with Crippen LogP contribution in [-0.2, 0) is 14.3 Å². The van der Waals surface area contributed by atoms with Crippen molar-refractivity contribution < 1.29 is 28.7 Å². The summed E-state index contributed by atoms with van der Waals surface area (Å²) < 4.78 is 9.96. The molecular formula is C18H25N3O6. The highest BCUT2D eigenvalue weighted by Crippen LogP contribution is 2.13. The zero-order valence-electron chi connectivity index (χ0n) is 16.0. The van der Waals surface area contributed by atoms with Crippen LogP contribution < -0.4 is 16.0 Å². The van der Waals surface area contributed by atoms with E-state index in [1.807, 2.05) is 5.32 Å². The monoisotopic (exact) mass is 379 g/mol. The number of amides is 4. The highest BCUT2D eigenvalue weighted by molar-refractivity contribution is 5.97. The van der Waals surface area contributed by atoms with Crippen LogP contribution in [-0.4, -0.2) is 42.3 Å². The largest absolute Gasteiger partial charge is 0.452 e. The molecular weight excluding hydrogens is 354 g/mol. The van der Waals surface area contributed by atoms with E-state index in [0.717, 1.165) is 0 Å². The Bertz CT molecular complexity index is 692. The first-order chi connectivity index (χ1) is 12.5. The molecule has 4 amide bonds. The number of hydrogen-bond donors (Lipinski definition) is 3. The molecule has 9 nitrogen and oxygen atoms in total. The second kappa shape index (κ2) is 9.56. The van der Waals surface area contributed by atoms with Crippen molar-refractivity contribution in [1.82, 2.24) is 10.6 Å². The molecule has 1 aromatic rings. The average Bonchev–Trinajstić information content (AvgIpc) is 2.50. The Balaban J connectivity index is 2.49. The average molecular weight is 379 g/mol. The van der Waals surface area contributed by atoms with Crippen LogP contribution in [0.25, 0.3) is 0 Å². The molecule has 3 N–H and O–H groups in total. The summed E-state index contributed by atoms with van der Waals surface area (Å²) in [6.45, 7) is 8.12. The maximum Gasteiger partial charge on any atom is 0.412 e. The Morgan fingerprint density at radius 3 is 2.15 bits per heavy atom. The van der Waals surface area contributed by atoms with Gasteiger partial charge < -0.3 is 14.8 Å². The summed E-state index contributed by atoms with van der Waals surface area (Å²) in [4.78, 5) is 46.5. The van der Waals surface area contributed by atoms with Gasteiger partial charge in [0.1, 0.15) is 5.60 Å². The van der Waals surface area contributed by atoms with Gasteiger partial charge in [0.2, 0.25) is 0 Å². The summed E-state index contributed by atoms with van der Waals surface area (Å²) in [6.07, 6.45) is -0.617. The number of imide groups is 1. The molecule has 1 aromatic carbocycles. The number of carbonyl (C=O) groups excluding carboxylic acids is 4. The Morgan fingerprint density at radius 2 is 1.63 bits per heavy atom. The van der Waals surface area contributed by atoms with E-state index < -0.39 is 36.2 Å². The van der Waals surface area contributed by atoms with Crippen molar-refractivity contribution in [2.75, 3.05) is 11.9 Å². The molecule has 0 heterocycles. The molecule has 0 spiro atoms. The Kier molecular flexibility index (Phi) is 7.77. The molecule has 0 aromatic heterocycles. The molecule has 0 saturated carbocycles. The normalized spacial score (nSPS) is 10.7. The smallest absolute Gasteiger partial charge is 0.412 e. The van der Waals surface area contributed by atoms with Crippen molar-refractivity contribution >= 4 is 29.7 Å². The molecule has 9 heteroatoms. The molecule has 0 atom stereocenters. The molecule has 0 aliphatic heterocycles. The van der Waals surface area contributed by atoms with Crippen LogP contribution in [0.15, 0.2) is 24.3 Å². The van der Waals surface area contributed by atoms with Crippen molar-refractivity contribution in [2.24, 2.45) is 0 Å². The van der Waals surface area contributed by atoms with Crippen LogP contribution >= 0.6 is 0 Å². The predicted octanol–water partition coefficient (Wildman–Crippen LogP) is 2.42. The lowest BCUT2D eigenvalue weighted by Gasteiger charge is -2.19. The Hall–Kier alpha value is -3.10. The van der Waals surface area contributed by atoms with E-state index in [2.05, 4.69) is 10.6 Å². The van der Waals surface area contributed by atoms with Gasteiger partial charge in [-0.2, -0.15) is 0 Å². The third-order valence-corrected chi connectivity index (χ3v) is 2.77. The van der Waals surface area contributed by atoms with Crippen molar-refractivity contribution in [3.05, 3.63) is 29.8 Å². The van der Waals surface area contributed by atoms with Gasteiger partial charge in [-0.3, -0.25) is 15.4 Å². The van der Waals surface area contributed by atoms with Crippen molar-refractivity contribution in [2.45, 2.75) is 46.3 Å². The summed E-state index contributed by atoms with van der Waals surface area (Å²) >= 11 is 0. The number of hydrogen-bond acceptors (Lipinski definition) is 6. The summed E-state index contributed by atoms with van der Waals surface area (Å²) in [5.74, 6) is -1.48. The molecule has 0 aliphatic rings. The van der Waals surface area contributed by atoms with Crippen molar-refractivity contribution in [1.29, 1.82) is 0 Å². The molecule has 1 rings (SSSR count). The van der Waals surface area contributed by atoms with Crippen LogP contribution in [0.2, 0.25) is 0 Å². The van der Waals surface area contributed by atoms with E-state index in [9.17, 15) is 19.2 Å². The fourth-order valence-electron chi connectivity index (χ4n) is 1.79. The summed E-state index contributed by atoms with van der Waals surface area (Å²) in [7, 11) is 0. The summed E-state index contributed by atoms with van der Waals surface area (Å²) in [5.41, 5.74) is -0.00595. The molecule has 0 unspecified atom stereocenters. The lowest BCUT2D eigenvalue weighted by Crippen LogP contribution is -2.44. The number of esters is 1. The number of urea groups is 1. The SMILES string of the molecule is CC(C)NC(=O)NC(=O)COC(=O)c1ccc(NC(=O)OC(C)(C)C)cc1. The minimum atomic E-state index is -0.746. The Labute approximate surface area is 157 Å². The van der Waals surface area contributed by atoms with Gasteiger partial charge in [-0.25, -0.2) is 14.4 Å². The molecule has 0 fully saturated rings. The Morgan fingerprint density at radius 1 is 1.04 bits per heavy atom. The molecule has 27 heavy (non-hydrogen) atoms.